The van der Waals surface area contributed by atoms with Crippen LogP contribution in [-0.4, -0.2) is 51.2 Å². The van der Waals surface area contributed by atoms with Crippen LogP contribution in [0.15, 0.2) is 24.3 Å². The standard InChI is InChI=1S/C16H24N2O4S/c1-16(2,3)13-5-4-6-14(11-13)22-12-15(19)18-8-7-17-23(20,21)10-9-18/h4-6,11,17H,7-10,12H2,1-3H3. The van der Waals surface area contributed by atoms with E-state index < -0.39 is 10.0 Å². The van der Waals surface area contributed by atoms with E-state index in [1.54, 1.807) is 0 Å². The normalized spacial score (nSPS) is 18.3. The molecule has 7 heteroatoms. The van der Waals surface area contributed by atoms with Gasteiger partial charge in [-0.2, -0.15) is 0 Å². The second-order valence-electron chi connectivity index (χ2n) is 6.66. The van der Waals surface area contributed by atoms with Crippen LogP contribution in [0.2, 0.25) is 0 Å². The molecule has 0 aliphatic carbocycles. The minimum atomic E-state index is -3.26. The highest BCUT2D eigenvalue weighted by Gasteiger charge is 2.22. The lowest BCUT2D eigenvalue weighted by molar-refractivity contribution is -0.132. The fourth-order valence-corrected chi connectivity index (χ4v) is 3.30. The van der Waals surface area contributed by atoms with E-state index in [1.165, 1.54) is 4.90 Å². The number of hydrogen-bond acceptors (Lipinski definition) is 4. The smallest absolute Gasteiger partial charge is 0.260 e. The Hall–Kier alpha value is -1.60. The predicted molar refractivity (Wildman–Crippen MR) is 89.0 cm³/mol. The molecule has 0 radical (unpaired) electrons. The van der Waals surface area contributed by atoms with Crippen molar-refractivity contribution in [3.05, 3.63) is 29.8 Å². The van der Waals surface area contributed by atoms with Crippen molar-refractivity contribution in [3.63, 3.8) is 0 Å². The Labute approximate surface area is 137 Å². The van der Waals surface area contributed by atoms with Crippen LogP contribution < -0.4 is 9.46 Å². The van der Waals surface area contributed by atoms with Gasteiger partial charge in [0.05, 0.1) is 5.75 Å². The van der Waals surface area contributed by atoms with Gasteiger partial charge in [-0.15, -0.1) is 0 Å². The number of nitrogens with zero attached hydrogens (tertiary/aromatic N) is 1. The first-order valence-corrected chi connectivity index (χ1v) is 9.31. The van der Waals surface area contributed by atoms with Crippen LogP contribution in [0.1, 0.15) is 26.3 Å². The van der Waals surface area contributed by atoms with Crippen LogP contribution in [0.3, 0.4) is 0 Å². The van der Waals surface area contributed by atoms with Crippen molar-refractivity contribution in [2.24, 2.45) is 0 Å². The summed E-state index contributed by atoms with van der Waals surface area (Å²) in [5, 5.41) is 0. The first kappa shape index (κ1) is 17.7. The molecule has 1 N–H and O–H groups in total. The molecule has 128 valence electrons. The summed E-state index contributed by atoms with van der Waals surface area (Å²) in [6.07, 6.45) is 0. The molecule has 0 spiro atoms. The topological polar surface area (TPSA) is 75.7 Å². The highest BCUT2D eigenvalue weighted by Crippen LogP contribution is 2.25. The fourth-order valence-electron chi connectivity index (χ4n) is 2.29. The largest absolute Gasteiger partial charge is 0.484 e. The van der Waals surface area contributed by atoms with E-state index in [2.05, 4.69) is 25.5 Å². The molecular formula is C16H24N2O4S. The Balaban J connectivity index is 1.94. The number of carbonyl (C=O) groups is 1. The van der Waals surface area contributed by atoms with Crippen molar-refractivity contribution in [3.8, 4) is 5.75 Å². The number of ether oxygens (including phenoxy) is 1. The molecule has 0 atom stereocenters. The summed E-state index contributed by atoms with van der Waals surface area (Å²) in [6.45, 7) is 7.05. The van der Waals surface area contributed by atoms with Gasteiger partial charge in [0.1, 0.15) is 5.75 Å². The first-order valence-electron chi connectivity index (χ1n) is 7.66. The van der Waals surface area contributed by atoms with Crippen LogP contribution in [0, 0.1) is 0 Å². The highest BCUT2D eigenvalue weighted by atomic mass is 32.2. The minimum absolute atomic E-state index is 0.00813. The van der Waals surface area contributed by atoms with E-state index >= 15 is 0 Å². The minimum Gasteiger partial charge on any atom is -0.484 e. The van der Waals surface area contributed by atoms with Gasteiger partial charge in [-0.05, 0) is 23.1 Å². The second-order valence-corrected chi connectivity index (χ2v) is 8.59. The van der Waals surface area contributed by atoms with E-state index in [-0.39, 0.29) is 36.8 Å². The second kappa shape index (κ2) is 6.88. The zero-order valence-electron chi connectivity index (χ0n) is 13.8. The molecule has 2 rings (SSSR count). The highest BCUT2D eigenvalue weighted by molar-refractivity contribution is 7.89. The quantitative estimate of drug-likeness (QED) is 0.895. The van der Waals surface area contributed by atoms with Crippen LogP contribution >= 0.6 is 0 Å². The third-order valence-electron chi connectivity index (χ3n) is 3.75. The Morgan fingerprint density at radius 2 is 2.04 bits per heavy atom. The molecule has 1 saturated heterocycles. The molecule has 0 aromatic heterocycles. The molecule has 6 nitrogen and oxygen atoms in total. The van der Waals surface area contributed by atoms with Crippen molar-refractivity contribution in [1.29, 1.82) is 0 Å². The zero-order valence-corrected chi connectivity index (χ0v) is 14.6. The van der Waals surface area contributed by atoms with Crippen LogP contribution in [0.5, 0.6) is 5.75 Å². The van der Waals surface area contributed by atoms with Crippen LogP contribution in [0.4, 0.5) is 0 Å². The van der Waals surface area contributed by atoms with E-state index in [1.807, 2.05) is 24.3 Å². The maximum Gasteiger partial charge on any atom is 0.260 e. The molecule has 1 fully saturated rings. The molecule has 1 aliphatic heterocycles. The molecule has 23 heavy (non-hydrogen) atoms. The summed E-state index contributed by atoms with van der Waals surface area (Å²) in [5.41, 5.74) is 1.14. The molecule has 0 unspecified atom stereocenters. The molecule has 1 amide bonds. The van der Waals surface area contributed by atoms with Crippen LogP contribution in [0.25, 0.3) is 0 Å². The predicted octanol–water partition coefficient (Wildman–Crippen LogP) is 1.12. The number of rotatable bonds is 3. The summed E-state index contributed by atoms with van der Waals surface area (Å²) in [4.78, 5) is 13.7. The Morgan fingerprint density at radius 3 is 2.74 bits per heavy atom. The summed E-state index contributed by atoms with van der Waals surface area (Å²) in [5.74, 6) is 0.370. The van der Waals surface area contributed by atoms with Crippen molar-refractivity contribution in [2.45, 2.75) is 26.2 Å². The molecular weight excluding hydrogens is 316 g/mol. The van der Waals surface area contributed by atoms with Gasteiger partial charge >= 0.3 is 0 Å². The lowest BCUT2D eigenvalue weighted by Crippen LogP contribution is -2.38. The Morgan fingerprint density at radius 1 is 1.30 bits per heavy atom. The number of amides is 1. The van der Waals surface area contributed by atoms with Gasteiger partial charge in [-0.1, -0.05) is 32.9 Å². The van der Waals surface area contributed by atoms with Crippen molar-refractivity contribution in [1.82, 2.24) is 9.62 Å². The van der Waals surface area contributed by atoms with Crippen molar-refractivity contribution in [2.75, 3.05) is 32.0 Å². The van der Waals surface area contributed by atoms with Gasteiger partial charge in [0.2, 0.25) is 10.0 Å². The van der Waals surface area contributed by atoms with Crippen LogP contribution in [-0.2, 0) is 20.2 Å². The van der Waals surface area contributed by atoms with E-state index in [0.29, 0.717) is 12.3 Å². The number of carbonyl (C=O) groups excluding carboxylic acids is 1. The average molecular weight is 340 g/mol. The Bertz CT molecular complexity index is 665. The molecule has 0 saturated carbocycles. The van der Waals surface area contributed by atoms with E-state index in [4.69, 9.17) is 4.74 Å². The SMILES string of the molecule is CC(C)(C)c1cccc(OCC(=O)N2CCNS(=O)(=O)CC2)c1. The van der Waals surface area contributed by atoms with E-state index in [0.717, 1.165) is 5.56 Å². The Kier molecular flexibility index (Phi) is 5.31. The first-order chi connectivity index (χ1) is 10.7. The molecule has 0 bridgehead atoms. The third kappa shape index (κ3) is 5.21. The van der Waals surface area contributed by atoms with Gasteiger partial charge in [-0.25, -0.2) is 13.1 Å². The third-order valence-corrected chi connectivity index (χ3v) is 5.11. The van der Waals surface area contributed by atoms with E-state index in [9.17, 15) is 13.2 Å². The summed E-state index contributed by atoms with van der Waals surface area (Å²) < 4.78 is 31.0. The average Bonchev–Trinajstić information content (AvgIpc) is 2.65. The zero-order chi connectivity index (χ0) is 17.1. The van der Waals surface area contributed by atoms with Crippen molar-refractivity contribution < 1.29 is 17.9 Å². The maximum atomic E-state index is 12.2. The number of hydrogen-bond donors (Lipinski definition) is 1. The lowest BCUT2D eigenvalue weighted by atomic mass is 9.87. The molecule has 1 heterocycles. The fraction of sp³-hybridized carbons (Fsp3) is 0.562. The monoisotopic (exact) mass is 340 g/mol. The van der Waals surface area contributed by atoms with Gasteiger partial charge in [0, 0.05) is 19.6 Å². The van der Waals surface area contributed by atoms with Gasteiger partial charge in [-0.3, -0.25) is 4.79 Å². The van der Waals surface area contributed by atoms with Gasteiger partial charge in [0.15, 0.2) is 6.61 Å². The summed E-state index contributed by atoms with van der Waals surface area (Å²) in [7, 11) is -3.26. The molecule has 1 aromatic carbocycles. The summed E-state index contributed by atoms with van der Waals surface area (Å²) >= 11 is 0. The van der Waals surface area contributed by atoms with Crippen molar-refractivity contribution >= 4 is 15.9 Å². The van der Waals surface area contributed by atoms with Gasteiger partial charge < -0.3 is 9.64 Å². The summed E-state index contributed by atoms with van der Waals surface area (Å²) in [6, 6.07) is 7.68. The number of sulfonamides is 1. The molecule has 1 aliphatic rings. The number of benzene rings is 1. The van der Waals surface area contributed by atoms with Gasteiger partial charge in [0.25, 0.3) is 5.91 Å². The number of nitrogens with one attached hydrogen (secondary N) is 1. The lowest BCUT2D eigenvalue weighted by Gasteiger charge is -2.21. The molecule has 1 aromatic rings. The maximum absolute atomic E-state index is 12.2.